The van der Waals surface area contributed by atoms with Gasteiger partial charge < -0.3 is 33.0 Å². The molecule has 2 saturated carbocycles. The van der Waals surface area contributed by atoms with Crippen LogP contribution in [0.25, 0.3) is 10.9 Å². The predicted octanol–water partition coefficient (Wildman–Crippen LogP) is 8.35. The Kier molecular flexibility index (Phi) is 10.2. The minimum atomic E-state index is -1.17. The number of pyridine rings is 1. The van der Waals surface area contributed by atoms with E-state index >= 15 is 0 Å². The van der Waals surface area contributed by atoms with Crippen LogP contribution < -0.4 is 0 Å². The number of aliphatic hydroxyl groups excluding tert-OH is 1. The third kappa shape index (κ3) is 5.95. The number of ketones is 2. The van der Waals surface area contributed by atoms with E-state index in [1.807, 2.05) is 27.0 Å². The monoisotopic (exact) mass is 963 g/mol. The van der Waals surface area contributed by atoms with Gasteiger partial charge in [-0.25, -0.2) is 4.79 Å². The third-order valence-electron chi connectivity index (χ3n) is 17.3. The summed E-state index contributed by atoms with van der Waals surface area (Å²) < 4.78 is 32.9. The number of epoxide rings is 1. The van der Waals surface area contributed by atoms with E-state index in [-0.39, 0.29) is 41.5 Å². The lowest BCUT2D eigenvalue weighted by Crippen LogP contribution is -2.70. The summed E-state index contributed by atoms with van der Waals surface area (Å²) in [6, 6.07) is 10.4. The molecule has 11 atom stereocenters. The summed E-state index contributed by atoms with van der Waals surface area (Å²) >= 11 is 3.35. The standard InChI is InChI=1S/C28H32O7.C24H26BrN3O3/c1-14(29)34-17-12-26(5)16(15-8-10-33-13-15)11-19-28(26,35-19)27(6)21(17)25(4)9-7-18(30)24(2,3)22(25)20(31)23(27)32;1-27-13-17-8-21-24(30-3,19-5-4-6-20(27)22(17)19)9-15(12-28(21)2)14-31-23(29)16-7-18(25)11-26-10-16/h7-10,13,16-17,19,21,31H,11-12H2,1-6H3;4-7,10-11,13,15,21H,8-9,12,14H2,1-3H3. The number of hydrogen-bond acceptors (Lipinski definition) is 12. The Balaban J connectivity index is 0.000000156. The molecule has 7 aliphatic rings. The first-order chi connectivity index (χ1) is 31.2. The van der Waals surface area contributed by atoms with E-state index in [4.69, 9.17) is 23.4 Å². The number of fused-ring (bicyclic) bond motifs is 5. The van der Waals surface area contributed by atoms with E-state index in [0.29, 0.717) is 30.6 Å². The number of benzene rings is 1. The zero-order valence-electron chi connectivity index (χ0n) is 39.0. The number of ether oxygens (including phenoxy) is 4. The number of carbonyl (C=O) groups excluding carboxylic acids is 4. The predicted molar refractivity (Wildman–Crippen MR) is 246 cm³/mol. The van der Waals surface area contributed by atoms with Crippen molar-refractivity contribution in [1.82, 2.24) is 14.5 Å². The van der Waals surface area contributed by atoms with Crippen molar-refractivity contribution in [1.29, 1.82) is 0 Å². The second kappa shape index (κ2) is 15.1. The number of halogens is 1. The number of aryl methyl sites for hydroxylation is 1. The summed E-state index contributed by atoms with van der Waals surface area (Å²) in [4.78, 5) is 58.6. The second-order valence-corrected chi connectivity index (χ2v) is 22.0. The topological polar surface area (TPSA) is 163 Å². The Bertz CT molecular complexity index is 2780. The SMILES string of the molecule is CC(=O)OC1CC2(C)C(c3ccoc3)CC3OC32C2(C)C(=O)C(O)=C3C(C)(C)C(=O)C=CC3(C)C12.COC12CC(COC(=O)c3cncc(Br)c3)CN(C)C1Cc1cn(C)c3cccc2c13. The number of likely N-dealkylation sites (N-methyl/N-ethyl adjacent to an activating group) is 1. The lowest BCUT2D eigenvalue weighted by Gasteiger charge is -2.64. The van der Waals surface area contributed by atoms with E-state index in [2.05, 4.69) is 75.8 Å². The van der Waals surface area contributed by atoms with Gasteiger partial charge in [-0.05, 0) is 122 Å². The van der Waals surface area contributed by atoms with Crippen LogP contribution in [0, 0.1) is 33.5 Å². The van der Waals surface area contributed by atoms with Crippen LogP contribution in [0.4, 0.5) is 0 Å². The van der Waals surface area contributed by atoms with Crippen molar-refractivity contribution in [3.05, 3.63) is 112 Å². The summed E-state index contributed by atoms with van der Waals surface area (Å²) in [5.41, 5.74) is 0.838. The third-order valence-corrected chi connectivity index (χ3v) is 17.7. The van der Waals surface area contributed by atoms with Gasteiger partial charge >= 0.3 is 11.9 Å². The maximum absolute atomic E-state index is 14.3. The van der Waals surface area contributed by atoms with Crippen molar-refractivity contribution in [3.63, 3.8) is 0 Å². The van der Waals surface area contributed by atoms with Crippen molar-refractivity contribution in [2.75, 3.05) is 27.3 Å². The number of aromatic nitrogens is 2. The van der Waals surface area contributed by atoms with Gasteiger partial charge in [0.1, 0.15) is 17.3 Å². The molecule has 3 aromatic heterocycles. The van der Waals surface area contributed by atoms with Crippen LogP contribution in [0.5, 0.6) is 0 Å². The number of hydrogen-bond donors (Lipinski definition) is 1. The van der Waals surface area contributed by atoms with Gasteiger partial charge in [0.05, 0.1) is 41.6 Å². The molecule has 11 unspecified atom stereocenters. The largest absolute Gasteiger partial charge is 0.504 e. The van der Waals surface area contributed by atoms with Gasteiger partial charge in [0.15, 0.2) is 11.5 Å². The molecule has 5 heterocycles. The summed E-state index contributed by atoms with van der Waals surface area (Å²) in [5, 5.41) is 12.8. The molecule has 11 rings (SSSR count). The zero-order valence-corrected chi connectivity index (χ0v) is 40.6. The molecule has 4 fully saturated rings. The quantitative estimate of drug-likeness (QED) is 0.145. The number of rotatable bonds is 6. The average Bonchev–Trinajstić information content (AvgIpc) is 3.48. The summed E-state index contributed by atoms with van der Waals surface area (Å²) in [6.45, 7) is 12.0. The van der Waals surface area contributed by atoms with Gasteiger partial charge in [-0.2, -0.15) is 0 Å². The van der Waals surface area contributed by atoms with Crippen molar-refractivity contribution in [3.8, 4) is 0 Å². The van der Waals surface area contributed by atoms with E-state index in [0.717, 1.165) is 29.4 Å². The number of allylic oxidation sites excluding steroid dienone is 4. The van der Waals surface area contributed by atoms with Crippen LogP contribution in [0.3, 0.4) is 0 Å². The smallest absolute Gasteiger partial charge is 0.339 e. The Morgan fingerprint density at radius 1 is 1.06 bits per heavy atom. The number of carbonyl (C=O) groups is 4. The molecule has 5 aliphatic carbocycles. The maximum atomic E-state index is 14.3. The fourth-order valence-electron chi connectivity index (χ4n) is 14.9. The molecule has 348 valence electrons. The highest BCUT2D eigenvalue weighted by Gasteiger charge is 2.89. The molecular weight excluding hydrogens is 906 g/mol. The molecule has 66 heavy (non-hydrogen) atoms. The molecule has 1 aromatic carbocycles. The van der Waals surface area contributed by atoms with E-state index in [1.54, 1.807) is 50.8 Å². The van der Waals surface area contributed by atoms with Crippen molar-refractivity contribution >= 4 is 50.3 Å². The van der Waals surface area contributed by atoms with E-state index < -0.39 is 56.6 Å². The van der Waals surface area contributed by atoms with Crippen LogP contribution in [0.2, 0.25) is 0 Å². The van der Waals surface area contributed by atoms with Crippen LogP contribution in [0.15, 0.2) is 93.8 Å². The summed E-state index contributed by atoms with van der Waals surface area (Å²) in [7, 11) is 6.07. The molecule has 2 saturated heterocycles. The van der Waals surface area contributed by atoms with Gasteiger partial charge in [0.2, 0.25) is 5.78 Å². The highest BCUT2D eigenvalue weighted by molar-refractivity contribution is 9.10. The molecule has 2 aliphatic heterocycles. The minimum Gasteiger partial charge on any atom is -0.504 e. The average molecular weight is 965 g/mol. The van der Waals surface area contributed by atoms with Crippen LogP contribution >= 0.6 is 15.9 Å². The van der Waals surface area contributed by atoms with Crippen molar-refractivity contribution in [2.45, 2.75) is 103 Å². The first kappa shape index (κ1) is 44.9. The van der Waals surface area contributed by atoms with Crippen LogP contribution in [-0.2, 0) is 52.4 Å². The fraction of sp³-hybridized carbons (Fsp3) is 0.519. The number of nitrogens with zero attached hydrogens (tertiary/aromatic N) is 3. The summed E-state index contributed by atoms with van der Waals surface area (Å²) in [5.74, 6) is -2.01. The Hall–Kier alpha value is -4.89. The molecule has 1 spiro atoms. The normalized spacial score (nSPS) is 36.9. The molecule has 14 heteroatoms. The van der Waals surface area contributed by atoms with Crippen LogP contribution in [-0.4, -0.2) is 94.2 Å². The minimum absolute atomic E-state index is 0.0453. The molecule has 0 bridgehead atoms. The van der Waals surface area contributed by atoms with E-state index in [9.17, 15) is 24.3 Å². The van der Waals surface area contributed by atoms with Gasteiger partial charge in [0, 0.05) is 90.3 Å². The van der Waals surface area contributed by atoms with E-state index in [1.165, 1.54) is 35.2 Å². The Labute approximate surface area is 393 Å². The number of piperidine rings is 1. The van der Waals surface area contributed by atoms with Gasteiger partial charge in [-0.15, -0.1) is 0 Å². The number of likely N-dealkylation sites (tertiary alicyclic amines) is 1. The fourth-order valence-corrected chi connectivity index (χ4v) is 15.2. The molecular formula is C52H58BrN3O10. The summed E-state index contributed by atoms with van der Waals surface area (Å²) in [6.07, 6.45) is 14.4. The second-order valence-electron chi connectivity index (χ2n) is 21.1. The Morgan fingerprint density at radius 3 is 2.53 bits per heavy atom. The number of methoxy groups -OCH3 is 1. The highest BCUT2D eigenvalue weighted by Crippen LogP contribution is 2.81. The van der Waals surface area contributed by atoms with Gasteiger partial charge in [0.25, 0.3) is 0 Å². The van der Waals surface area contributed by atoms with Crippen LogP contribution in [0.1, 0.15) is 93.8 Å². The maximum Gasteiger partial charge on any atom is 0.339 e. The molecule has 4 aromatic rings. The number of aliphatic hydroxyl groups is 1. The number of furan rings is 1. The highest BCUT2D eigenvalue weighted by atomic mass is 79.9. The van der Waals surface area contributed by atoms with Crippen molar-refractivity contribution < 1.29 is 47.6 Å². The molecule has 0 amide bonds. The lowest BCUT2D eigenvalue weighted by atomic mass is 9.38. The first-order valence-electron chi connectivity index (χ1n) is 22.9. The van der Waals surface area contributed by atoms with Crippen molar-refractivity contribution in [2.24, 2.45) is 40.5 Å². The van der Waals surface area contributed by atoms with Gasteiger partial charge in [-0.1, -0.05) is 32.1 Å². The Morgan fingerprint density at radius 2 is 1.83 bits per heavy atom. The lowest BCUT2D eigenvalue weighted by molar-refractivity contribution is -0.200. The number of Topliss-reactive ketones (excluding diaryl/α,β-unsaturated/α-hetero) is 1. The van der Waals surface area contributed by atoms with Gasteiger partial charge in [-0.3, -0.25) is 24.3 Å². The molecule has 1 N–H and O–H groups in total. The zero-order chi connectivity index (χ0) is 47.1. The number of esters is 2. The molecule has 13 nitrogen and oxygen atoms in total. The molecule has 0 radical (unpaired) electrons. The first-order valence-corrected chi connectivity index (χ1v) is 23.7.